The van der Waals surface area contributed by atoms with E-state index in [-0.39, 0.29) is 0 Å². The van der Waals surface area contributed by atoms with E-state index in [9.17, 15) is 9.90 Å². The molecule has 0 bridgehead atoms. The molecule has 102 valence electrons. The van der Waals surface area contributed by atoms with Crippen LogP contribution in [0.25, 0.3) is 0 Å². The van der Waals surface area contributed by atoms with Gasteiger partial charge >= 0.3 is 5.97 Å². The number of benzene rings is 1. The van der Waals surface area contributed by atoms with Crippen LogP contribution < -0.4 is 4.90 Å². The normalized spacial score (nSPS) is 17.6. The van der Waals surface area contributed by atoms with E-state index in [2.05, 4.69) is 9.97 Å². The van der Waals surface area contributed by atoms with Crippen LogP contribution in [0.2, 0.25) is 0 Å². The number of aryl methyl sites for hydroxylation is 1. The number of nitrogens with zero attached hydrogens (tertiary/aromatic N) is 3. The van der Waals surface area contributed by atoms with Crippen LogP contribution >= 0.6 is 0 Å². The molecule has 3 rings (SSSR count). The summed E-state index contributed by atoms with van der Waals surface area (Å²) in [6.07, 6.45) is 3.90. The van der Waals surface area contributed by atoms with Crippen molar-refractivity contribution in [2.45, 2.75) is 25.9 Å². The topological polar surface area (TPSA) is 66.3 Å². The standard InChI is InChI=1S/C15H15N3O2/c1-10-7-16-15(17-8-10)18-9-12-5-3-2-4-11(12)6-13(18)14(19)20/h2-5,7-8,13H,6,9H2,1H3,(H,19,20). The monoisotopic (exact) mass is 269 g/mol. The molecule has 2 aromatic rings. The van der Waals surface area contributed by atoms with E-state index in [0.717, 1.165) is 16.7 Å². The van der Waals surface area contributed by atoms with Crippen molar-refractivity contribution < 1.29 is 9.90 Å². The van der Waals surface area contributed by atoms with Crippen molar-refractivity contribution in [1.29, 1.82) is 0 Å². The van der Waals surface area contributed by atoms with Gasteiger partial charge in [0.1, 0.15) is 6.04 Å². The van der Waals surface area contributed by atoms with Gasteiger partial charge in [-0.1, -0.05) is 24.3 Å². The number of aromatic nitrogens is 2. The quantitative estimate of drug-likeness (QED) is 0.900. The van der Waals surface area contributed by atoms with Crippen LogP contribution in [-0.4, -0.2) is 27.1 Å². The van der Waals surface area contributed by atoms with E-state index in [1.807, 2.05) is 31.2 Å². The van der Waals surface area contributed by atoms with Crippen molar-refractivity contribution in [1.82, 2.24) is 9.97 Å². The second kappa shape index (κ2) is 4.92. The zero-order valence-corrected chi connectivity index (χ0v) is 11.2. The summed E-state index contributed by atoms with van der Waals surface area (Å²) in [4.78, 5) is 21.8. The molecule has 1 aromatic heterocycles. The zero-order chi connectivity index (χ0) is 14.1. The molecule has 1 N–H and O–H groups in total. The molecule has 0 spiro atoms. The maximum Gasteiger partial charge on any atom is 0.326 e. The number of anilines is 1. The second-order valence-electron chi connectivity index (χ2n) is 5.02. The molecule has 2 heterocycles. The van der Waals surface area contributed by atoms with Gasteiger partial charge in [0, 0.05) is 25.4 Å². The summed E-state index contributed by atoms with van der Waals surface area (Å²) in [6.45, 7) is 2.43. The van der Waals surface area contributed by atoms with Crippen molar-refractivity contribution in [3.05, 3.63) is 53.3 Å². The molecule has 1 unspecified atom stereocenters. The van der Waals surface area contributed by atoms with Gasteiger partial charge in [-0.25, -0.2) is 14.8 Å². The Morgan fingerprint density at radius 3 is 2.55 bits per heavy atom. The smallest absolute Gasteiger partial charge is 0.326 e. The molecular weight excluding hydrogens is 254 g/mol. The van der Waals surface area contributed by atoms with Crippen LogP contribution in [0.1, 0.15) is 16.7 Å². The van der Waals surface area contributed by atoms with E-state index in [4.69, 9.17) is 0 Å². The molecule has 20 heavy (non-hydrogen) atoms. The molecule has 1 atom stereocenters. The Hall–Kier alpha value is -2.43. The average molecular weight is 269 g/mol. The highest BCUT2D eigenvalue weighted by molar-refractivity contribution is 5.78. The van der Waals surface area contributed by atoms with E-state index in [0.29, 0.717) is 18.9 Å². The molecule has 5 nitrogen and oxygen atoms in total. The van der Waals surface area contributed by atoms with Crippen molar-refractivity contribution in [3.8, 4) is 0 Å². The van der Waals surface area contributed by atoms with E-state index in [1.54, 1.807) is 17.3 Å². The number of aliphatic carboxylic acids is 1. The first kappa shape index (κ1) is 12.6. The summed E-state index contributed by atoms with van der Waals surface area (Å²) in [5, 5.41) is 9.45. The first-order valence-corrected chi connectivity index (χ1v) is 6.50. The fourth-order valence-corrected chi connectivity index (χ4v) is 2.49. The number of hydrogen-bond donors (Lipinski definition) is 1. The van der Waals surface area contributed by atoms with Gasteiger partial charge in [0.15, 0.2) is 0 Å². The molecular formula is C15H15N3O2. The lowest BCUT2D eigenvalue weighted by Gasteiger charge is -2.34. The van der Waals surface area contributed by atoms with Gasteiger partial charge in [0.25, 0.3) is 0 Å². The molecule has 0 saturated carbocycles. The number of carboxylic acid groups (broad SMARTS) is 1. The number of fused-ring (bicyclic) bond motifs is 1. The minimum Gasteiger partial charge on any atom is -0.480 e. The van der Waals surface area contributed by atoms with Gasteiger partial charge in [-0.15, -0.1) is 0 Å². The first-order chi connectivity index (χ1) is 9.65. The van der Waals surface area contributed by atoms with Gasteiger partial charge in [-0.2, -0.15) is 0 Å². The van der Waals surface area contributed by atoms with E-state index in [1.165, 1.54) is 0 Å². The number of carboxylic acids is 1. The molecule has 1 aliphatic rings. The SMILES string of the molecule is Cc1cnc(N2Cc3ccccc3CC2C(=O)O)nc1. The van der Waals surface area contributed by atoms with Crippen LogP contribution in [0.3, 0.4) is 0 Å². The fraction of sp³-hybridized carbons (Fsp3) is 0.267. The van der Waals surface area contributed by atoms with Gasteiger partial charge < -0.3 is 10.0 Å². The van der Waals surface area contributed by atoms with Crippen LogP contribution in [0.15, 0.2) is 36.7 Å². The van der Waals surface area contributed by atoms with Gasteiger partial charge in [-0.05, 0) is 23.6 Å². The maximum absolute atomic E-state index is 11.5. The van der Waals surface area contributed by atoms with E-state index < -0.39 is 12.0 Å². The van der Waals surface area contributed by atoms with Gasteiger partial charge in [-0.3, -0.25) is 0 Å². The number of hydrogen-bond acceptors (Lipinski definition) is 4. The molecule has 0 amide bonds. The second-order valence-corrected chi connectivity index (χ2v) is 5.02. The highest BCUT2D eigenvalue weighted by Gasteiger charge is 2.32. The molecule has 0 radical (unpaired) electrons. The van der Waals surface area contributed by atoms with Crippen molar-refractivity contribution >= 4 is 11.9 Å². The fourth-order valence-electron chi connectivity index (χ4n) is 2.49. The molecule has 1 aromatic carbocycles. The predicted molar refractivity (Wildman–Crippen MR) is 74.5 cm³/mol. The minimum absolute atomic E-state index is 0.470. The Labute approximate surface area is 116 Å². The lowest BCUT2D eigenvalue weighted by molar-refractivity contribution is -0.138. The van der Waals surface area contributed by atoms with Crippen LogP contribution in [0, 0.1) is 6.92 Å². The van der Waals surface area contributed by atoms with Crippen LogP contribution in [0.5, 0.6) is 0 Å². The number of carbonyl (C=O) groups is 1. The highest BCUT2D eigenvalue weighted by atomic mass is 16.4. The summed E-state index contributed by atoms with van der Waals surface area (Å²) < 4.78 is 0. The lowest BCUT2D eigenvalue weighted by Crippen LogP contribution is -2.46. The minimum atomic E-state index is -0.844. The van der Waals surface area contributed by atoms with Crippen LogP contribution in [0.4, 0.5) is 5.95 Å². The lowest BCUT2D eigenvalue weighted by atomic mass is 9.94. The van der Waals surface area contributed by atoms with Crippen LogP contribution in [-0.2, 0) is 17.8 Å². The van der Waals surface area contributed by atoms with Gasteiger partial charge in [0.05, 0.1) is 0 Å². The Bertz CT molecular complexity index is 640. The first-order valence-electron chi connectivity index (χ1n) is 6.50. The molecule has 0 fully saturated rings. The summed E-state index contributed by atoms with van der Waals surface area (Å²) in [5.41, 5.74) is 3.18. The highest BCUT2D eigenvalue weighted by Crippen LogP contribution is 2.26. The third-order valence-electron chi connectivity index (χ3n) is 3.56. The molecule has 0 aliphatic carbocycles. The Morgan fingerprint density at radius 1 is 1.25 bits per heavy atom. The third-order valence-corrected chi connectivity index (χ3v) is 3.56. The van der Waals surface area contributed by atoms with E-state index >= 15 is 0 Å². The molecule has 1 aliphatic heterocycles. The summed E-state index contributed by atoms with van der Waals surface area (Å²) in [5.74, 6) is -0.374. The third kappa shape index (κ3) is 2.22. The molecule has 0 saturated heterocycles. The zero-order valence-electron chi connectivity index (χ0n) is 11.2. The molecule has 5 heteroatoms. The van der Waals surface area contributed by atoms with Crippen molar-refractivity contribution in [2.75, 3.05) is 4.90 Å². The average Bonchev–Trinajstić information content (AvgIpc) is 2.46. The predicted octanol–water partition coefficient (Wildman–Crippen LogP) is 1.80. The Balaban J connectivity index is 2.00. The number of rotatable bonds is 2. The van der Waals surface area contributed by atoms with Crippen molar-refractivity contribution in [3.63, 3.8) is 0 Å². The van der Waals surface area contributed by atoms with Gasteiger partial charge in [0.2, 0.25) is 5.95 Å². The summed E-state index contributed by atoms with van der Waals surface area (Å²) >= 11 is 0. The summed E-state index contributed by atoms with van der Waals surface area (Å²) in [7, 11) is 0. The Kier molecular flexibility index (Phi) is 3.10. The largest absolute Gasteiger partial charge is 0.480 e. The Morgan fingerprint density at radius 2 is 1.90 bits per heavy atom. The van der Waals surface area contributed by atoms with Crippen molar-refractivity contribution in [2.24, 2.45) is 0 Å². The summed E-state index contributed by atoms with van der Waals surface area (Å²) in [6, 6.07) is 7.30. The maximum atomic E-state index is 11.5.